The Morgan fingerprint density at radius 1 is 1.65 bits per heavy atom. The van der Waals surface area contributed by atoms with E-state index in [1.54, 1.807) is 13.2 Å². The third kappa shape index (κ3) is 3.30. The third-order valence-corrected chi connectivity index (χ3v) is 3.16. The lowest BCUT2D eigenvalue weighted by Gasteiger charge is -2.26. The maximum absolute atomic E-state index is 11.6. The molecule has 0 aliphatic rings. The van der Waals surface area contributed by atoms with Crippen LogP contribution < -0.4 is 5.32 Å². The van der Waals surface area contributed by atoms with Crippen LogP contribution in [0, 0.1) is 6.92 Å². The van der Waals surface area contributed by atoms with E-state index in [0.29, 0.717) is 0 Å². The van der Waals surface area contributed by atoms with Crippen molar-refractivity contribution in [2.24, 2.45) is 0 Å². The molecule has 0 saturated heterocycles. The van der Waals surface area contributed by atoms with E-state index in [-0.39, 0.29) is 5.97 Å². The van der Waals surface area contributed by atoms with Crippen LogP contribution in [-0.4, -0.2) is 35.4 Å². The summed E-state index contributed by atoms with van der Waals surface area (Å²) in [6, 6.07) is 1.97. The van der Waals surface area contributed by atoms with E-state index in [4.69, 9.17) is 4.74 Å². The summed E-state index contributed by atoms with van der Waals surface area (Å²) in [4.78, 5) is 11.6. The number of likely N-dealkylation sites (N-methyl/N-ethyl adjacent to an activating group) is 1. The summed E-state index contributed by atoms with van der Waals surface area (Å²) >= 11 is 0. The molecule has 1 aromatic heterocycles. The van der Waals surface area contributed by atoms with Gasteiger partial charge in [0.05, 0.1) is 7.11 Å². The fourth-order valence-corrected chi connectivity index (χ4v) is 1.77. The molecule has 1 unspecified atom stereocenters. The fourth-order valence-electron chi connectivity index (χ4n) is 1.77. The van der Waals surface area contributed by atoms with Gasteiger partial charge in [-0.1, -0.05) is 0 Å². The summed E-state index contributed by atoms with van der Waals surface area (Å²) in [5.41, 5.74) is 0.518. The molecule has 5 heteroatoms. The van der Waals surface area contributed by atoms with E-state index in [2.05, 4.69) is 10.4 Å². The van der Waals surface area contributed by atoms with E-state index in [9.17, 15) is 4.79 Å². The van der Waals surface area contributed by atoms with Gasteiger partial charge in [-0.3, -0.25) is 9.48 Å². The average molecular weight is 239 g/mol. The van der Waals surface area contributed by atoms with Crippen molar-refractivity contribution in [2.45, 2.75) is 38.8 Å². The van der Waals surface area contributed by atoms with Gasteiger partial charge in [-0.2, -0.15) is 5.10 Å². The Balaban J connectivity index is 2.49. The normalized spacial score (nSPS) is 14.4. The highest BCUT2D eigenvalue weighted by molar-refractivity contribution is 5.80. The molecule has 0 amide bonds. The molecule has 1 heterocycles. The topological polar surface area (TPSA) is 56.2 Å². The minimum absolute atomic E-state index is 0.225. The van der Waals surface area contributed by atoms with E-state index in [1.807, 2.05) is 24.6 Å². The SMILES string of the molecule is CNC(C)(CCCn1nccc1C)C(=O)OC. The van der Waals surface area contributed by atoms with Gasteiger partial charge in [0.1, 0.15) is 5.54 Å². The van der Waals surface area contributed by atoms with Crippen molar-refractivity contribution in [3.63, 3.8) is 0 Å². The molecule has 1 N–H and O–H groups in total. The Hall–Kier alpha value is -1.36. The smallest absolute Gasteiger partial charge is 0.325 e. The number of ether oxygens (including phenoxy) is 1. The molecule has 1 aromatic rings. The van der Waals surface area contributed by atoms with Crippen LogP contribution in [0.2, 0.25) is 0 Å². The zero-order valence-electron chi connectivity index (χ0n) is 11.0. The molecule has 5 nitrogen and oxygen atoms in total. The molecule has 1 rings (SSSR count). The van der Waals surface area contributed by atoms with Crippen molar-refractivity contribution in [2.75, 3.05) is 14.2 Å². The zero-order chi connectivity index (χ0) is 12.9. The number of aryl methyl sites for hydroxylation is 2. The predicted molar refractivity (Wildman–Crippen MR) is 65.7 cm³/mol. The fraction of sp³-hybridized carbons (Fsp3) is 0.667. The summed E-state index contributed by atoms with van der Waals surface area (Å²) in [5.74, 6) is -0.225. The number of hydrogen-bond donors (Lipinski definition) is 1. The largest absolute Gasteiger partial charge is 0.468 e. The molecular formula is C12H21N3O2. The maximum Gasteiger partial charge on any atom is 0.325 e. The van der Waals surface area contributed by atoms with Crippen LogP contribution in [0.15, 0.2) is 12.3 Å². The van der Waals surface area contributed by atoms with Gasteiger partial charge in [-0.25, -0.2) is 0 Å². The minimum atomic E-state index is -0.615. The predicted octanol–water partition coefficient (Wildman–Crippen LogP) is 1.12. The molecule has 0 aliphatic heterocycles. The number of aromatic nitrogens is 2. The molecule has 0 spiro atoms. The highest BCUT2D eigenvalue weighted by Crippen LogP contribution is 2.14. The maximum atomic E-state index is 11.6. The second-order valence-electron chi connectivity index (χ2n) is 4.37. The monoisotopic (exact) mass is 239 g/mol. The summed E-state index contributed by atoms with van der Waals surface area (Å²) in [6.07, 6.45) is 3.37. The van der Waals surface area contributed by atoms with E-state index < -0.39 is 5.54 Å². The summed E-state index contributed by atoms with van der Waals surface area (Å²) in [5, 5.41) is 7.23. The number of carbonyl (C=O) groups is 1. The average Bonchev–Trinajstić information content (AvgIpc) is 2.74. The Labute approximate surface area is 102 Å². The number of esters is 1. The first-order valence-electron chi connectivity index (χ1n) is 5.79. The third-order valence-electron chi connectivity index (χ3n) is 3.16. The molecule has 0 fully saturated rings. The first-order chi connectivity index (χ1) is 8.03. The number of methoxy groups -OCH3 is 1. The van der Waals surface area contributed by atoms with Gasteiger partial charge in [-0.05, 0) is 39.8 Å². The van der Waals surface area contributed by atoms with Gasteiger partial charge in [0.2, 0.25) is 0 Å². The van der Waals surface area contributed by atoms with E-state index in [0.717, 1.165) is 25.1 Å². The van der Waals surface area contributed by atoms with E-state index in [1.165, 1.54) is 7.11 Å². The van der Waals surface area contributed by atoms with Crippen molar-refractivity contribution in [3.8, 4) is 0 Å². The van der Waals surface area contributed by atoms with Crippen LogP contribution in [0.4, 0.5) is 0 Å². The number of rotatable bonds is 6. The standard InChI is InChI=1S/C12H21N3O2/c1-10-6-8-14-15(10)9-5-7-12(2,13-3)11(16)17-4/h6,8,13H,5,7,9H2,1-4H3. The van der Waals surface area contributed by atoms with Crippen LogP contribution >= 0.6 is 0 Å². The van der Waals surface area contributed by atoms with Crippen LogP contribution in [0.1, 0.15) is 25.5 Å². The second kappa shape index (κ2) is 5.82. The number of hydrogen-bond acceptors (Lipinski definition) is 4. The molecule has 0 aromatic carbocycles. The van der Waals surface area contributed by atoms with Gasteiger partial charge in [0.15, 0.2) is 0 Å². The first-order valence-corrected chi connectivity index (χ1v) is 5.79. The number of nitrogens with zero attached hydrogens (tertiary/aromatic N) is 2. The number of carbonyl (C=O) groups excluding carboxylic acids is 1. The summed E-state index contributed by atoms with van der Waals surface area (Å²) < 4.78 is 6.73. The van der Waals surface area contributed by atoms with Crippen LogP contribution in [0.3, 0.4) is 0 Å². The van der Waals surface area contributed by atoms with Crippen molar-refractivity contribution in [3.05, 3.63) is 18.0 Å². The Morgan fingerprint density at radius 3 is 2.82 bits per heavy atom. The van der Waals surface area contributed by atoms with Crippen molar-refractivity contribution < 1.29 is 9.53 Å². The molecule has 0 aliphatic carbocycles. The van der Waals surface area contributed by atoms with Crippen LogP contribution in [0.5, 0.6) is 0 Å². The minimum Gasteiger partial charge on any atom is -0.468 e. The highest BCUT2D eigenvalue weighted by atomic mass is 16.5. The molecular weight excluding hydrogens is 218 g/mol. The van der Waals surface area contributed by atoms with Gasteiger partial charge >= 0.3 is 5.97 Å². The first kappa shape index (κ1) is 13.7. The Bertz CT molecular complexity index is 376. The molecule has 96 valence electrons. The molecule has 17 heavy (non-hydrogen) atoms. The molecule has 1 atom stereocenters. The molecule has 0 radical (unpaired) electrons. The zero-order valence-corrected chi connectivity index (χ0v) is 11.0. The van der Waals surface area contributed by atoms with Gasteiger partial charge in [0, 0.05) is 18.4 Å². The van der Waals surface area contributed by atoms with E-state index >= 15 is 0 Å². The molecule has 0 saturated carbocycles. The van der Waals surface area contributed by atoms with Gasteiger partial charge in [-0.15, -0.1) is 0 Å². The van der Waals surface area contributed by atoms with Crippen molar-refractivity contribution in [1.29, 1.82) is 0 Å². The molecule has 0 bridgehead atoms. The van der Waals surface area contributed by atoms with Crippen LogP contribution in [0.25, 0.3) is 0 Å². The Kier molecular flexibility index (Phi) is 4.69. The van der Waals surface area contributed by atoms with Gasteiger partial charge < -0.3 is 10.1 Å². The lowest BCUT2D eigenvalue weighted by atomic mass is 9.96. The number of nitrogens with one attached hydrogen (secondary N) is 1. The van der Waals surface area contributed by atoms with Crippen molar-refractivity contribution in [1.82, 2.24) is 15.1 Å². The highest BCUT2D eigenvalue weighted by Gasteiger charge is 2.31. The van der Waals surface area contributed by atoms with Crippen molar-refractivity contribution >= 4 is 5.97 Å². The van der Waals surface area contributed by atoms with Crippen LogP contribution in [-0.2, 0) is 16.1 Å². The van der Waals surface area contributed by atoms with Gasteiger partial charge in [0.25, 0.3) is 0 Å². The summed E-state index contributed by atoms with van der Waals surface area (Å²) in [6.45, 7) is 4.69. The quantitative estimate of drug-likeness (QED) is 0.756. The lowest BCUT2D eigenvalue weighted by Crippen LogP contribution is -2.48. The second-order valence-corrected chi connectivity index (χ2v) is 4.37. The lowest BCUT2D eigenvalue weighted by molar-refractivity contribution is -0.148. The summed E-state index contributed by atoms with van der Waals surface area (Å²) in [7, 11) is 3.19. The Morgan fingerprint density at radius 2 is 2.35 bits per heavy atom.